The van der Waals surface area contributed by atoms with Gasteiger partial charge in [-0.2, -0.15) is 0 Å². The van der Waals surface area contributed by atoms with Crippen molar-refractivity contribution in [1.29, 1.82) is 0 Å². The maximum absolute atomic E-state index is 11.1. The first kappa shape index (κ1) is 12.2. The molecule has 16 heavy (non-hydrogen) atoms. The first-order valence-corrected chi connectivity index (χ1v) is 5.16. The fraction of sp³-hybridized carbons (Fsp3) is 0.231. The van der Waals surface area contributed by atoms with Gasteiger partial charge in [-0.1, -0.05) is 42.5 Å². The molecule has 1 aromatic rings. The Bertz CT molecular complexity index is 382. The number of ketones is 1. The van der Waals surface area contributed by atoms with Crippen molar-refractivity contribution < 1.29 is 9.59 Å². The molecule has 0 aromatic heterocycles. The lowest BCUT2D eigenvalue weighted by Crippen LogP contribution is -2.24. The van der Waals surface area contributed by atoms with E-state index in [9.17, 15) is 9.59 Å². The molecule has 0 aliphatic carbocycles. The summed E-state index contributed by atoms with van der Waals surface area (Å²) < 4.78 is 0. The molecule has 0 aliphatic heterocycles. The van der Waals surface area contributed by atoms with Crippen molar-refractivity contribution in [3.8, 4) is 0 Å². The van der Waals surface area contributed by atoms with Gasteiger partial charge in [0, 0.05) is 6.54 Å². The van der Waals surface area contributed by atoms with Gasteiger partial charge in [-0.25, -0.2) is 0 Å². The Kier molecular flexibility index (Phi) is 4.99. The number of carbonyl (C=O) groups is 2. The number of rotatable bonds is 5. The van der Waals surface area contributed by atoms with Gasteiger partial charge >= 0.3 is 0 Å². The number of hydrogen-bond acceptors (Lipinski definition) is 2. The van der Waals surface area contributed by atoms with E-state index in [1.807, 2.05) is 42.5 Å². The van der Waals surface area contributed by atoms with E-state index in [1.54, 1.807) is 0 Å². The molecule has 0 saturated heterocycles. The van der Waals surface area contributed by atoms with Gasteiger partial charge in [-0.3, -0.25) is 9.59 Å². The van der Waals surface area contributed by atoms with Gasteiger partial charge in [-0.15, -0.1) is 0 Å². The summed E-state index contributed by atoms with van der Waals surface area (Å²) in [6.45, 7) is 1.85. The van der Waals surface area contributed by atoms with E-state index in [1.165, 1.54) is 6.92 Å². The molecule has 0 fully saturated rings. The average molecular weight is 217 g/mol. The van der Waals surface area contributed by atoms with Crippen LogP contribution in [0, 0.1) is 0 Å². The molecule has 84 valence electrons. The first-order chi connectivity index (χ1) is 7.68. The Morgan fingerprint density at radius 3 is 2.56 bits per heavy atom. The predicted octanol–water partition coefficient (Wildman–Crippen LogP) is 1.80. The molecule has 0 heterocycles. The molecule has 1 rings (SSSR count). The highest BCUT2D eigenvalue weighted by atomic mass is 16.2. The summed E-state index contributed by atoms with van der Waals surface area (Å²) in [7, 11) is 0. The third kappa shape index (κ3) is 5.10. The fourth-order valence-corrected chi connectivity index (χ4v) is 1.22. The second-order valence-electron chi connectivity index (χ2n) is 3.50. The smallest absolute Gasteiger partial charge is 0.227 e. The van der Waals surface area contributed by atoms with E-state index in [4.69, 9.17) is 0 Å². The van der Waals surface area contributed by atoms with E-state index in [-0.39, 0.29) is 18.1 Å². The first-order valence-electron chi connectivity index (χ1n) is 5.16. The van der Waals surface area contributed by atoms with Gasteiger partial charge in [0.2, 0.25) is 5.91 Å². The summed E-state index contributed by atoms with van der Waals surface area (Å²) in [5, 5.41) is 2.64. The molecule has 0 aliphatic rings. The third-order valence-corrected chi connectivity index (χ3v) is 1.94. The number of amides is 1. The minimum Gasteiger partial charge on any atom is -0.352 e. The van der Waals surface area contributed by atoms with E-state index >= 15 is 0 Å². The standard InChI is InChI=1S/C13H15NO2/c1-11(15)10-13(16)14-9-5-8-12-6-3-2-4-7-12/h2-8H,9-10H2,1H3,(H,14,16). The summed E-state index contributed by atoms with van der Waals surface area (Å²) in [6, 6.07) is 9.82. The average Bonchev–Trinajstić information content (AvgIpc) is 2.25. The van der Waals surface area contributed by atoms with Gasteiger partial charge < -0.3 is 5.32 Å². The van der Waals surface area contributed by atoms with Crippen molar-refractivity contribution in [3.63, 3.8) is 0 Å². The Labute approximate surface area is 95.2 Å². The minimum atomic E-state index is -0.231. The Morgan fingerprint density at radius 1 is 1.25 bits per heavy atom. The van der Waals surface area contributed by atoms with Crippen LogP contribution in [0.5, 0.6) is 0 Å². The predicted molar refractivity (Wildman–Crippen MR) is 63.8 cm³/mol. The molecule has 0 saturated carbocycles. The topological polar surface area (TPSA) is 46.2 Å². The van der Waals surface area contributed by atoms with Crippen LogP contribution in [-0.2, 0) is 9.59 Å². The van der Waals surface area contributed by atoms with Gasteiger partial charge in [-0.05, 0) is 12.5 Å². The highest BCUT2D eigenvalue weighted by molar-refractivity contribution is 5.96. The zero-order chi connectivity index (χ0) is 11.8. The van der Waals surface area contributed by atoms with E-state index in [0.29, 0.717) is 6.54 Å². The van der Waals surface area contributed by atoms with Crippen LogP contribution in [0.15, 0.2) is 36.4 Å². The monoisotopic (exact) mass is 217 g/mol. The number of nitrogens with one attached hydrogen (secondary N) is 1. The summed E-state index contributed by atoms with van der Waals surface area (Å²) in [5.41, 5.74) is 1.09. The minimum absolute atomic E-state index is 0.0425. The van der Waals surface area contributed by atoms with Gasteiger partial charge in [0.15, 0.2) is 0 Å². The summed E-state index contributed by atoms with van der Waals surface area (Å²) in [6.07, 6.45) is 3.74. The molecule has 0 atom stereocenters. The zero-order valence-electron chi connectivity index (χ0n) is 9.27. The maximum Gasteiger partial charge on any atom is 0.227 e. The molecule has 0 radical (unpaired) electrons. The van der Waals surface area contributed by atoms with Gasteiger partial charge in [0.1, 0.15) is 5.78 Å². The highest BCUT2D eigenvalue weighted by Gasteiger charge is 2.01. The molecule has 1 N–H and O–H groups in total. The fourth-order valence-electron chi connectivity index (χ4n) is 1.22. The molecule has 1 aromatic carbocycles. The summed E-state index contributed by atoms with van der Waals surface area (Å²) in [4.78, 5) is 21.7. The largest absolute Gasteiger partial charge is 0.352 e. The van der Waals surface area contributed by atoms with E-state index in [2.05, 4.69) is 5.32 Å². The van der Waals surface area contributed by atoms with Crippen molar-refractivity contribution in [2.24, 2.45) is 0 Å². The van der Waals surface area contributed by atoms with Crippen molar-refractivity contribution in [1.82, 2.24) is 5.32 Å². The van der Waals surface area contributed by atoms with Crippen molar-refractivity contribution in [3.05, 3.63) is 42.0 Å². The van der Waals surface area contributed by atoms with Crippen LogP contribution in [-0.4, -0.2) is 18.2 Å². The Hall–Kier alpha value is -1.90. The molecule has 0 bridgehead atoms. The van der Waals surface area contributed by atoms with Crippen LogP contribution in [0.25, 0.3) is 6.08 Å². The van der Waals surface area contributed by atoms with Crippen molar-refractivity contribution in [2.75, 3.05) is 6.54 Å². The van der Waals surface area contributed by atoms with E-state index < -0.39 is 0 Å². The molecular weight excluding hydrogens is 202 g/mol. The van der Waals surface area contributed by atoms with Crippen LogP contribution in [0.3, 0.4) is 0 Å². The maximum atomic E-state index is 11.1. The van der Waals surface area contributed by atoms with Gasteiger partial charge in [0.05, 0.1) is 6.42 Å². The lowest BCUT2D eigenvalue weighted by Gasteiger charge is -1.98. The van der Waals surface area contributed by atoms with Crippen LogP contribution < -0.4 is 5.32 Å². The molecule has 1 amide bonds. The molecule has 3 heteroatoms. The summed E-state index contributed by atoms with van der Waals surface area (Å²) in [5.74, 6) is -0.352. The third-order valence-electron chi connectivity index (χ3n) is 1.94. The van der Waals surface area contributed by atoms with Crippen LogP contribution in [0.2, 0.25) is 0 Å². The molecule has 0 spiro atoms. The number of benzene rings is 1. The molecule has 0 unspecified atom stereocenters. The quantitative estimate of drug-likeness (QED) is 0.764. The normalized spacial score (nSPS) is 10.3. The second kappa shape index (κ2) is 6.56. The van der Waals surface area contributed by atoms with Crippen LogP contribution >= 0.6 is 0 Å². The van der Waals surface area contributed by atoms with Gasteiger partial charge in [0.25, 0.3) is 0 Å². The second-order valence-corrected chi connectivity index (χ2v) is 3.50. The van der Waals surface area contributed by atoms with Crippen LogP contribution in [0.4, 0.5) is 0 Å². The molecular formula is C13H15NO2. The highest BCUT2D eigenvalue weighted by Crippen LogP contribution is 1.99. The van der Waals surface area contributed by atoms with Crippen molar-refractivity contribution in [2.45, 2.75) is 13.3 Å². The zero-order valence-corrected chi connectivity index (χ0v) is 9.27. The summed E-state index contributed by atoms with van der Waals surface area (Å²) >= 11 is 0. The number of carbonyl (C=O) groups excluding carboxylic acids is 2. The molecule has 3 nitrogen and oxygen atoms in total. The number of Topliss-reactive ketones (excluding diaryl/α,β-unsaturated/α-hetero) is 1. The SMILES string of the molecule is CC(=O)CC(=O)NCC=Cc1ccccc1. The Morgan fingerprint density at radius 2 is 1.94 bits per heavy atom. The van der Waals surface area contributed by atoms with E-state index in [0.717, 1.165) is 5.56 Å². The number of hydrogen-bond donors (Lipinski definition) is 1. The lowest BCUT2D eigenvalue weighted by molar-refractivity contribution is -0.127. The Balaban J connectivity index is 2.28. The lowest BCUT2D eigenvalue weighted by atomic mass is 10.2. The van der Waals surface area contributed by atoms with Crippen molar-refractivity contribution >= 4 is 17.8 Å². The van der Waals surface area contributed by atoms with Crippen LogP contribution in [0.1, 0.15) is 18.9 Å².